The number of carbonyl (C=O) groups is 1. The Morgan fingerprint density at radius 2 is 1.84 bits per heavy atom. The molecule has 0 atom stereocenters. The number of sulfonamides is 1. The lowest BCUT2D eigenvalue weighted by Gasteiger charge is -2.26. The zero-order chi connectivity index (χ0) is 18.0. The van der Waals surface area contributed by atoms with Crippen LogP contribution in [-0.2, 0) is 10.0 Å². The molecule has 0 bridgehead atoms. The monoisotopic (exact) mass is 363 g/mol. The fraction of sp³-hybridized carbons (Fsp3) is 0.235. The lowest BCUT2D eigenvalue weighted by atomic mass is 9.99. The largest absolute Gasteiger partial charge is 0.314 e. The zero-order valence-electron chi connectivity index (χ0n) is 13.5. The van der Waals surface area contributed by atoms with Crippen molar-refractivity contribution in [1.82, 2.24) is 15.6 Å². The van der Waals surface area contributed by atoms with Crippen molar-refractivity contribution >= 4 is 15.9 Å². The Balaban J connectivity index is 1.83. The molecule has 0 aromatic heterocycles. The van der Waals surface area contributed by atoms with E-state index in [0.717, 1.165) is 5.56 Å². The van der Waals surface area contributed by atoms with Gasteiger partial charge in [0.15, 0.2) is 0 Å². The van der Waals surface area contributed by atoms with Crippen LogP contribution in [0.25, 0.3) is 11.1 Å². The van der Waals surface area contributed by atoms with Crippen molar-refractivity contribution in [1.29, 1.82) is 0 Å². The van der Waals surface area contributed by atoms with Crippen molar-refractivity contribution in [3.05, 3.63) is 59.4 Å². The van der Waals surface area contributed by atoms with Crippen molar-refractivity contribution in [2.24, 2.45) is 0 Å². The molecule has 3 rings (SSSR count). The second kappa shape index (κ2) is 6.91. The van der Waals surface area contributed by atoms with Gasteiger partial charge in [0.05, 0.1) is 5.56 Å². The van der Waals surface area contributed by atoms with Crippen molar-refractivity contribution in [3.63, 3.8) is 0 Å². The van der Waals surface area contributed by atoms with E-state index in [0.29, 0.717) is 24.2 Å². The van der Waals surface area contributed by atoms with Crippen LogP contribution < -0.4 is 15.6 Å². The molecule has 1 aliphatic rings. The Hall–Kier alpha value is -2.29. The van der Waals surface area contributed by atoms with E-state index in [4.69, 9.17) is 0 Å². The summed E-state index contributed by atoms with van der Waals surface area (Å²) < 4.78 is 38.2. The summed E-state index contributed by atoms with van der Waals surface area (Å²) in [5.41, 5.74) is 3.69. The quantitative estimate of drug-likeness (QED) is 0.700. The number of rotatable bonds is 5. The van der Waals surface area contributed by atoms with Gasteiger partial charge in [-0.05, 0) is 35.7 Å². The van der Waals surface area contributed by atoms with Gasteiger partial charge < -0.3 is 5.32 Å². The summed E-state index contributed by atoms with van der Waals surface area (Å²) in [6.07, 6.45) is 0. The molecule has 25 heavy (non-hydrogen) atoms. The van der Waals surface area contributed by atoms with Gasteiger partial charge in [-0.15, -0.1) is 4.83 Å². The molecule has 1 saturated heterocycles. The maximum Gasteiger partial charge on any atom is 0.269 e. The Bertz CT molecular complexity index is 897. The van der Waals surface area contributed by atoms with Gasteiger partial charge >= 0.3 is 0 Å². The minimum atomic E-state index is -3.68. The molecule has 1 fully saturated rings. The highest BCUT2D eigenvalue weighted by atomic mass is 32.2. The molecule has 2 aromatic carbocycles. The number of benzene rings is 2. The molecule has 0 spiro atoms. The number of hydrogen-bond donors (Lipinski definition) is 3. The van der Waals surface area contributed by atoms with Gasteiger partial charge in [-0.3, -0.25) is 10.2 Å². The standard InChI is InChI=1S/C17H18FN3O3S/c1-11-7-13(12-5-3-2-4-6-12)8-15(16(11)18)17(22)20-21-25(23,24)14-9-19-10-14/h2-8,14,19,21H,9-10H2,1H3,(H,20,22). The van der Waals surface area contributed by atoms with E-state index >= 15 is 0 Å². The predicted octanol–water partition coefficient (Wildman–Crippen LogP) is 1.34. The van der Waals surface area contributed by atoms with Gasteiger partial charge in [-0.25, -0.2) is 12.8 Å². The number of hydrazine groups is 1. The van der Waals surface area contributed by atoms with Crippen LogP contribution in [0.15, 0.2) is 42.5 Å². The Labute approximate surface area is 145 Å². The summed E-state index contributed by atoms with van der Waals surface area (Å²) >= 11 is 0. The number of hydrogen-bond acceptors (Lipinski definition) is 4. The first-order chi connectivity index (χ1) is 11.9. The lowest BCUT2D eigenvalue weighted by Crippen LogP contribution is -2.58. The van der Waals surface area contributed by atoms with E-state index in [1.165, 1.54) is 6.07 Å². The number of halogens is 1. The molecule has 0 aliphatic carbocycles. The summed E-state index contributed by atoms with van der Waals surface area (Å²) in [7, 11) is -3.68. The van der Waals surface area contributed by atoms with Crippen molar-refractivity contribution < 1.29 is 17.6 Å². The van der Waals surface area contributed by atoms with Crippen molar-refractivity contribution in [2.75, 3.05) is 13.1 Å². The normalized spacial score (nSPS) is 14.8. The van der Waals surface area contributed by atoms with Crippen LogP contribution in [0.1, 0.15) is 15.9 Å². The third kappa shape index (κ3) is 3.71. The minimum absolute atomic E-state index is 0.215. The average Bonchev–Trinajstić information content (AvgIpc) is 2.54. The molecule has 3 N–H and O–H groups in total. The minimum Gasteiger partial charge on any atom is -0.314 e. The van der Waals surface area contributed by atoms with Crippen LogP contribution >= 0.6 is 0 Å². The number of carbonyl (C=O) groups excluding carboxylic acids is 1. The van der Waals surface area contributed by atoms with Gasteiger partial charge in [0.2, 0.25) is 10.0 Å². The van der Waals surface area contributed by atoms with E-state index in [-0.39, 0.29) is 5.56 Å². The highest BCUT2D eigenvalue weighted by molar-refractivity contribution is 7.90. The number of amides is 1. The van der Waals surface area contributed by atoms with Crippen LogP contribution in [0.2, 0.25) is 0 Å². The maximum atomic E-state index is 14.4. The van der Waals surface area contributed by atoms with Crippen LogP contribution in [0, 0.1) is 12.7 Å². The molecule has 1 amide bonds. The Morgan fingerprint density at radius 1 is 1.16 bits per heavy atom. The second-order valence-corrected chi connectivity index (χ2v) is 7.86. The second-order valence-electron chi connectivity index (χ2n) is 5.90. The molecule has 6 nitrogen and oxygen atoms in total. The molecule has 8 heteroatoms. The fourth-order valence-corrected chi connectivity index (χ4v) is 3.56. The molecule has 1 heterocycles. The van der Waals surface area contributed by atoms with Gasteiger partial charge in [0.1, 0.15) is 11.1 Å². The van der Waals surface area contributed by atoms with E-state index in [1.54, 1.807) is 13.0 Å². The van der Waals surface area contributed by atoms with Crippen LogP contribution in [0.4, 0.5) is 4.39 Å². The van der Waals surface area contributed by atoms with E-state index in [9.17, 15) is 17.6 Å². The molecular weight excluding hydrogens is 345 g/mol. The first kappa shape index (κ1) is 17.5. The van der Waals surface area contributed by atoms with Crippen LogP contribution in [-0.4, -0.2) is 32.7 Å². The SMILES string of the molecule is Cc1cc(-c2ccccc2)cc(C(=O)NNS(=O)(=O)C2CNC2)c1F. The van der Waals surface area contributed by atoms with E-state index < -0.39 is 27.0 Å². The van der Waals surface area contributed by atoms with Crippen LogP contribution in [0.3, 0.4) is 0 Å². The van der Waals surface area contributed by atoms with Crippen molar-refractivity contribution in [2.45, 2.75) is 12.2 Å². The first-order valence-electron chi connectivity index (χ1n) is 7.76. The predicted molar refractivity (Wildman–Crippen MR) is 92.8 cm³/mol. The lowest BCUT2D eigenvalue weighted by molar-refractivity contribution is 0.0940. The van der Waals surface area contributed by atoms with Gasteiger partial charge in [-0.2, -0.15) is 0 Å². The smallest absolute Gasteiger partial charge is 0.269 e. The third-order valence-corrected chi connectivity index (χ3v) is 5.69. The maximum absolute atomic E-state index is 14.4. The molecule has 0 saturated carbocycles. The third-order valence-electron chi connectivity index (χ3n) is 4.10. The summed E-state index contributed by atoms with van der Waals surface area (Å²) in [4.78, 5) is 14.3. The molecule has 132 valence electrons. The molecule has 2 aromatic rings. The van der Waals surface area contributed by atoms with Crippen molar-refractivity contribution in [3.8, 4) is 11.1 Å². The van der Waals surface area contributed by atoms with Gasteiger partial charge in [-0.1, -0.05) is 30.3 Å². The Kier molecular flexibility index (Phi) is 4.85. The molecule has 0 unspecified atom stereocenters. The molecular formula is C17H18FN3O3S. The van der Waals surface area contributed by atoms with E-state index in [2.05, 4.69) is 10.7 Å². The summed E-state index contributed by atoms with van der Waals surface area (Å²) in [6.45, 7) is 2.20. The average molecular weight is 363 g/mol. The van der Waals surface area contributed by atoms with Gasteiger partial charge in [0, 0.05) is 13.1 Å². The van der Waals surface area contributed by atoms with Crippen LogP contribution in [0.5, 0.6) is 0 Å². The summed E-state index contributed by atoms with van der Waals surface area (Å²) in [6, 6.07) is 12.3. The highest BCUT2D eigenvalue weighted by Crippen LogP contribution is 2.24. The number of aryl methyl sites for hydroxylation is 1. The molecule has 1 aliphatic heterocycles. The fourth-order valence-electron chi connectivity index (χ4n) is 2.48. The molecule has 0 radical (unpaired) electrons. The highest BCUT2D eigenvalue weighted by Gasteiger charge is 2.31. The summed E-state index contributed by atoms with van der Waals surface area (Å²) in [5.74, 6) is -1.52. The number of nitrogens with one attached hydrogen (secondary N) is 3. The van der Waals surface area contributed by atoms with Gasteiger partial charge in [0.25, 0.3) is 5.91 Å². The Morgan fingerprint density at radius 3 is 2.44 bits per heavy atom. The zero-order valence-corrected chi connectivity index (χ0v) is 14.4. The summed E-state index contributed by atoms with van der Waals surface area (Å²) in [5, 5.41) is 2.24. The topological polar surface area (TPSA) is 87.3 Å². The first-order valence-corrected chi connectivity index (χ1v) is 9.30. The van der Waals surface area contributed by atoms with E-state index in [1.807, 2.05) is 35.2 Å².